The van der Waals surface area contributed by atoms with Crippen molar-refractivity contribution >= 4 is 11.8 Å². The molecule has 3 nitrogen and oxygen atoms in total. The third-order valence-corrected chi connectivity index (χ3v) is 1.58. The van der Waals surface area contributed by atoms with Gasteiger partial charge < -0.3 is 10.8 Å². The van der Waals surface area contributed by atoms with Gasteiger partial charge in [-0.15, -0.1) is 0 Å². The van der Waals surface area contributed by atoms with E-state index in [-0.39, 0.29) is 5.75 Å². The van der Waals surface area contributed by atoms with Crippen LogP contribution in [0.25, 0.3) is 6.08 Å². The average Bonchev–Trinajstić information content (AvgIpc) is 2.09. The van der Waals surface area contributed by atoms with E-state index in [2.05, 4.69) is 0 Å². The van der Waals surface area contributed by atoms with E-state index in [1.807, 2.05) is 6.07 Å². The lowest BCUT2D eigenvalue weighted by Gasteiger charge is -1.99. The number of nitrogen functional groups attached to an aromatic ring is 1. The van der Waals surface area contributed by atoms with E-state index in [0.717, 1.165) is 5.56 Å². The van der Waals surface area contributed by atoms with Crippen molar-refractivity contribution in [3.63, 3.8) is 0 Å². The van der Waals surface area contributed by atoms with Gasteiger partial charge in [-0.05, 0) is 17.7 Å². The molecule has 0 saturated heterocycles. The van der Waals surface area contributed by atoms with Crippen molar-refractivity contribution in [1.82, 2.24) is 0 Å². The number of nitrogens with two attached hydrogens (primary N) is 1. The van der Waals surface area contributed by atoms with E-state index in [1.54, 1.807) is 24.3 Å². The Bertz CT molecular complexity index is 364. The van der Waals surface area contributed by atoms with Gasteiger partial charge in [-0.1, -0.05) is 12.2 Å². The normalized spacial score (nSPS) is 10.1. The van der Waals surface area contributed by atoms with Crippen molar-refractivity contribution < 1.29 is 5.11 Å². The van der Waals surface area contributed by atoms with Crippen molar-refractivity contribution in [1.29, 1.82) is 5.26 Å². The molecule has 1 aromatic carbocycles. The van der Waals surface area contributed by atoms with Crippen LogP contribution >= 0.6 is 0 Å². The Morgan fingerprint density at radius 3 is 2.92 bits per heavy atom. The third-order valence-electron chi connectivity index (χ3n) is 1.58. The fourth-order valence-corrected chi connectivity index (χ4v) is 0.953. The van der Waals surface area contributed by atoms with E-state index < -0.39 is 0 Å². The van der Waals surface area contributed by atoms with Gasteiger partial charge in [0.1, 0.15) is 5.75 Å². The smallest absolute Gasteiger partial charge is 0.117 e. The molecule has 0 atom stereocenters. The molecular weight excluding hydrogens is 164 g/mol. The monoisotopic (exact) mass is 174 g/mol. The van der Waals surface area contributed by atoms with Gasteiger partial charge in [0.05, 0.1) is 12.5 Å². The van der Waals surface area contributed by atoms with E-state index in [0.29, 0.717) is 12.1 Å². The van der Waals surface area contributed by atoms with E-state index in [4.69, 9.17) is 16.1 Å². The van der Waals surface area contributed by atoms with Gasteiger partial charge in [-0.3, -0.25) is 0 Å². The molecule has 0 saturated carbocycles. The largest absolute Gasteiger partial charge is 0.508 e. The fourth-order valence-electron chi connectivity index (χ4n) is 0.953. The molecule has 1 aromatic rings. The van der Waals surface area contributed by atoms with E-state index in [9.17, 15) is 0 Å². The topological polar surface area (TPSA) is 70.0 Å². The Hall–Kier alpha value is -1.95. The van der Waals surface area contributed by atoms with E-state index in [1.165, 1.54) is 6.07 Å². The summed E-state index contributed by atoms with van der Waals surface area (Å²) in [6, 6.07) is 6.73. The summed E-state index contributed by atoms with van der Waals surface area (Å²) in [5, 5.41) is 17.3. The Kier molecular flexibility index (Phi) is 2.93. The summed E-state index contributed by atoms with van der Waals surface area (Å²) in [7, 11) is 0. The summed E-state index contributed by atoms with van der Waals surface area (Å²) in [4.78, 5) is 0. The Morgan fingerprint density at radius 1 is 1.54 bits per heavy atom. The summed E-state index contributed by atoms with van der Waals surface area (Å²) in [6.45, 7) is 0. The molecule has 13 heavy (non-hydrogen) atoms. The van der Waals surface area contributed by atoms with Crippen molar-refractivity contribution in [3.05, 3.63) is 29.8 Å². The molecule has 66 valence electrons. The highest BCUT2D eigenvalue weighted by molar-refractivity contribution is 5.66. The molecular formula is C10H10N2O. The lowest BCUT2D eigenvalue weighted by atomic mass is 10.1. The summed E-state index contributed by atoms with van der Waals surface area (Å²) in [6.07, 6.45) is 3.85. The second-order valence-corrected chi connectivity index (χ2v) is 2.58. The first-order chi connectivity index (χ1) is 6.24. The number of phenolic OH excluding ortho intramolecular Hbond substituents is 1. The minimum Gasteiger partial charge on any atom is -0.508 e. The summed E-state index contributed by atoms with van der Waals surface area (Å²) >= 11 is 0. The molecule has 1 rings (SSSR count). The molecule has 0 aliphatic carbocycles. The molecule has 0 spiro atoms. The fraction of sp³-hybridized carbons (Fsp3) is 0.100. The molecule has 0 heterocycles. The Balaban J connectivity index is 2.85. The highest BCUT2D eigenvalue weighted by Crippen LogP contribution is 2.19. The maximum absolute atomic E-state index is 9.05. The number of hydrogen-bond acceptors (Lipinski definition) is 3. The van der Waals surface area contributed by atoms with E-state index >= 15 is 0 Å². The van der Waals surface area contributed by atoms with Crippen molar-refractivity contribution in [2.45, 2.75) is 6.42 Å². The zero-order chi connectivity index (χ0) is 9.68. The SMILES string of the molecule is N#CCC=Cc1ccc(O)cc1N. The minimum absolute atomic E-state index is 0.148. The van der Waals surface area contributed by atoms with Crippen LogP contribution in [0.3, 0.4) is 0 Å². The number of rotatable bonds is 2. The standard InChI is InChI=1S/C10H10N2O/c11-6-2-1-3-8-4-5-9(13)7-10(8)12/h1,3-5,7,13H,2,12H2. The highest BCUT2D eigenvalue weighted by Gasteiger charge is 1.95. The number of hydrogen-bond donors (Lipinski definition) is 2. The summed E-state index contributed by atoms with van der Waals surface area (Å²) in [5.74, 6) is 0.148. The summed E-state index contributed by atoms with van der Waals surface area (Å²) < 4.78 is 0. The van der Waals surface area contributed by atoms with Crippen LogP contribution in [-0.2, 0) is 0 Å². The molecule has 0 aromatic heterocycles. The first-order valence-electron chi connectivity index (χ1n) is 3.86. The number of phenols is 1. The highest BCUT2D eigenvalue weighted by atomic mass is 16.3. The van der Waals surface area contributed by atoms with Gasteiger partial charge in [0, 0.05) is 11.8 Å². The van der Waals surface area contributed by atoms with Crippen molar-refractivity contribution in [2.24, 2.45) is 0 Å². The third kappa shape index (κ3) is 2.53. The molecule has 0 amide bonds. The van der Waals surface area contributed by atoms with Crippen LogP contribution in [0, 0.1) is 11.3 Å². The lowest BCUT2D eigenvalue weighted by molar-refractivity contribution is 0.475. The van der Waals surface area contributed by atoms with Crippen LogP contribution in [-0.4, -0.2) is 5.11 Å². The first kappa shape index (κ1) is 9.14. The number of allylic oxidation sites excluding steroid dienone is 1. The quantitative estimate of drug-likeness (QED) is 0.673. The van der Waals surface area contributed by atoms with Crippen LogP contribution in [0.4, 0.5) is 5.69 Å². The molecule has 0 radical (unpaired) electrons. The van der Waals surface area contributed by atoms with Crippen LogP contribution in [0.1, 0.15) is 12.0 Å². The number of anilines is 1. The van der Waals surface area contributed by atoms with Crippen molar-refractivity contribution in [3.8, 4) is 11.8 Å². The van der Waals surface area contributed by atoms with Crippen molar-refractivity contribution in [2.75, 3.05) is 5.73 Å². The Labute approximate surface area is 76.7 Å². The van der Waals surface area contributed by atoms with Gasteiger partial charge in [-0.25, -0.2) is 0 Å². The number of nitrogens with zero attached hydrogens (tertiary/aromatic N) is 1. The summed E-state index contributed by atoms with van der Waals surface area (Å²) in [5.41, 5.74) is 6.93. The van der Waals surface area contributed by atoms with Crippen LogP contribution in [0.2, 0.25) is 0 Å². The van der Waals surface area contributed by atoms with Crippen LogP contribution in [0.5, 0.6) is 5.75 Å². The molecule has 3 heteroatoms. The van der Waals surface area contributed by atoms with Crippen LogP contribution < -0.4 is 5.73 Å². The first-order valence-corrected chi connectivity index (χ1v) is 3.86. The maximum Gasteiger partial charge on any atom is 0.117 e. The number of benzene rings is 1. The predicted octanol–water partition coefficient (Wildman–Crippen LogP) is 1.90. The van der Waals surface area contributed by atoms with Gasteiger partial charge in [0.15, 0.2) is 0 Å². The van der Waals surface area contributed by atoms with Crippen LogP contribution in [0.15, 0.2) is 24.3 Å². The Morgan fingerprint density at radius 2 is 2.31 bits per heavy atom. The molecule has 0 aliphatic rings. The zero-order valence-corrected chi connectivity index (χ0v) is 7.07. The molecule has 0 fully saturated rings. The zero-order valence-electron chi connectivity index (χ0n) is 7.07. The van der Waals surface area contributed by atoms with Gasteiger partial charge >= 0.3 is 0 Å². The minimum atomic E-state index is 0.148. The lowest BCUT2D eigenvalue weighted by Crippen LogP contribution is -1.87. The van der Waals surface area contributed by atoms with Gasteiger partial charge in [0.25, 0.3) is 0 Å². The number of nitriles is 1. The average molecular weight is 174 g/mol. The molecule has 0 unspecified atom stereocenters. The second-order valence-electron chi connectivity index (χ2n) is 2.58. The van der Waals surface area contributed by atoms with Gasteiger partial charge in [-0.2, -0.15) is 5.26 Å². The molecule has 3 N–H and O–H groups in total. The second kappa shape index (κ2) is 4.17. The molecule has 0 bridgehead atoms. The van der Waals surface area contributed by atoms with Gasteiger partial charge in [0.2, 0.25) is 0 Å². The molecule has 0 aliphatic heterocycles. The number of aromatic hydroxyl groups is 1. The predicted molar refractivity (Wildman–Crippen MR) is 51.8 cm³/mol. The maximum atomic E-state index is 9.05.